The molecule has 3 aliphatic rings. The molecule has 2 unspecified atom stereocenters. The lowest BCUT2D eigenvalue weighted by molar-refractivity contribution is -0.806. The van der Waals surface area contributed by atoms with Crippen molar-refractivity contribution in [3.63, 3.8) is 0 Å². The number of rotatable bonds is 1. The fourth-order valence-electron chi connectivity index (χ4n) is 7.83. The molecule has 0 saturated heterocycles. The maximum Gasteiger partial charge on any atom is 0.285 e. The molecule has 1 spiro atoms. The second-order valence-corrected chi connectivity index (χ2v) is 11.2. The molecule has 4 nitrogen and oxygen atoms in total. The fraction of sp³-hybridized carbons (Fsp3) is 0.206. The van der Waals surface area contributed by atoms with Gasteiger partial charge in [-0.25, -0.2) is 0 Å². The summed E-state index contributed by atoms with van der Waals surface area (Å²) in [7, 11) is 2.26. The lowest BCUT2D eigenvalue weighted by Crippen LogP contribution is -2.68. The van der Waals surface area contributed by atoms with Gasteiger partial charge >= 0.3 is 0 Å². The Bertz CT molecular complexity index is 1790. The number of benzene rings is 4. The van der Waals surface area contributed by atoms with Crippen molar-refractivity contribution < 1.29 is 4.68 Å². The normalized spacial score (nSPS) is 20.0. The maximum atomic E-state index is 2.60. The summed E-state index contributed by atoms with van der Waals surface area (Å²) in [6, 6.07) is 34.0. The van der Waals surface area contributed by atoms with Crippen molar-refractivity contribution >= 4 is 17.1 Å². The van der Waals surface area contributed by atoms with E-state index < -0.39 is 5.54 Å². The quantitative estimate of drug-likeness (QED) is 0.241. The van der Waals surface area contributed by atoms with Gasteiger partial charge in [-0.15, -0.1) is 4.68 Å². The van der Waals surface area contributed by atoms with E-state index >= 15 is 0 Å². The lowest BCUT2D eigenvalue weighted by atomic mass is 9.81. The van der Waals surface area contributed by atoms with E-state index in [0.29, 0.717) is 0 Å². The van der Waals surface area contributed by atoms with Gasteiger partial charge in [0.2, 0.25) is 5.69 Å². The zero-order valence-corrected chi connectivity index (χ0v) is 22.5. The molecular formula is C34H31N4+. The molecule has 3 aliphatic heterocycles. The second kappa shape index (κ2) is 7.16. The van der Waals surface area contributed by atoms with E-state index in [9.17, 15) is 0 Å². The van der Waals surface area contributed by atoms with Crippen molar-refractivity contribution in [2.75, 3.05) is 16.8 Å². The number of hydrogen-bond acceptors (Lipinski definition) is 2. The van der Waals surface area contributed by atoms with E-state index in [0.717, 1.165) is 0 Å². The first-order chi connectivity index (χ1) is 18.4. The first-order valence-corrected chi connectivity index (χ1v) is 13.5. The molecule has 2 atom stereocenters. The molecule has 0 aliphatic carbocycles. The molecule has 5 aromatic rings. The molecule has 0 N–H and O–H groups in total. The van der Waals surface area contributed by atoms with E-state index in [-0.39, 0.29) is 6.17 Å². The van der Waals surface area contributed by atoms with Gasteiger partial charge in [0.05, 0.1) is 33.9 Å². The molecule has 0 saturated carbocycles. The van der Waals surface area contributed by atoms with E-state index in [4.69, 9.17) is 0 Å². The number of para-hydroxylation sites is 3. The topological polar surface area (TPSA) is 15.3 Å². The van der Waals surface area contributed by atoms with Crippen LogP contribution in [0.15, 0.2) is 91.0 Å². The minimum atomic E-state index is -0.392. The van der Waals surface area contributed by atoms with Gasteiger partial charge in [-0.1, -0.05) is 53.2 Å². The van der Waals surface area contributed by atoms with Crippen molar-refractivity contribution in [3.05, 3.63) is 125 Å². The van der Waals surface area contributed by atoms with Crippen LogP contribution in [-0.4, -0.2) is 17.9 Å². The molecule has 186 valence electrons. The predicted molar refractivity (Wildman–Crippen MR) is 154 cm³/mol. The lowest BCUT2D eigenvalue weighted by Gasteiger charge is -2.32. The van der Waals surface area contributed by atoms with E-state index in [1.807, 2.05) is 0 Å². The Balaban J connectivity index is 1.51. The molecule has 0 bridgehead atoms. The van der Waals surface area contributed by atoms with Gasteiger partial charge in [-0.05, 0) is 79.4 Å². The van der Waals surface area contributed by atoms with Gasteiger partial charge in [0.15, 0.2) is 6.17 Å². The van der Waals surface area contributed by atoms with Crippen LogP contribution in [0.4, 0.5) is 17.1 Å². The summed E-state index contributed by atoms with van der Waals surface area (Å²) in [6.07, 6.45) is 0.0727. The number of anilines is 3. The third-order valence-corrected chi connectivity index (χ3v) is 9.11. The largest absolute Gasteiger partial charge is 0.346 e. The fourth-order valence-corrected chi connectivity index (χ4v) is 7.83. The SMILES string of the molecule is Cc1cccc(C)c1-c1ccc2c(c1)N1c3ccccc3N(C)C1C21c2ccccc2-n2c(C)cc(C)[n+]21. The maximum absolute atomic E-state index is 2.60. The highest BCUT2D eigenvalue weighted by atomic mass is 15.6. The predicted octanol–water partition coefficient (Wildman–Crippen LogP) is 6.70. The van der Waals surface area contributed by atoms with Crippen molar-refractivity contribution in [1.29, 1.82) is 0 Å². The monoisotopic (exact) mass is 495 g/mol. The molecule has 4 heterocycles. The summed E-state index contributed by atoms with van der Waals surface area (Å²) >= 11 is 0. The molecule has 4 aromatic carbocycles. The zero-order chi connectivity index (χ0) is 25.9. The molecule has 8 rings (SSSR count). The van der Waals surface area contributed by atoms with Gasteiger partial charge < -0.3 is 9.80 Å². The summed E-state index contributed by atoms with van der Waals surface area (Å²) in [6.45, 7) is 8.93. The first-order valence-electron chi connectivity index (χ1n) is 13.5. The van der Waals surface area contributed by atoms with Crippen LogP contribution >= 0.6 is 0 Å². The second-order valence-electron chi connectivity index (χ2n) is 11.2. The summed E-state index contributed by atoms with van der Waals surface area (Å²) in [5.74, 6) is 0. The molecule has 0 amide bonds. The third-order valence-electron chi connectivity index (χ3n) is 9.11. The first kappa shape index (κ1) is 21.7. The number of nitrogens with zero attached hydrogens (tertiary/aromatic N) is 4. The third kappa shape index (κ3) is 2.35. The summed E-state index contributed by atoms with van der Waals surface area (Å²) in [4.78, 5) is 5.10. The average molecular weight is 496 g/mol. The Labute approximate surface area is 224 Å². The number of aromatic nitrogens is 2. The van der Waals surface area contributed by atoms with Crippen molar-refractivity contribution in [2.24, 2.45) is 0 Å². The average Bonchev–Trinajstić information content (AvgIpc) is 3.59. The summed E-state index contributed by atoms with van der Waals surface area (Å²) in [5, 5.41) is 0. The number of hydrogen-bond donors (Lipinski definition) is 0. The van der Waals surface area contributed by atoms with E-state index in [1.165, 1.54) is 67.5 Å². The van der Waals surface area contributed by atoms with Crippen molar-refractivity contribution in [2.45, 2.75) is 39.4 Å². The minimum Gasteiger partial charge on any atom is -0.346 e. The van der Waals surface area contributed by atoms with Crippen LogP contribution in [0, 0.1) is 27.7 Å². The Morgan fingerprint density at radius 1 is 0.658 bits per heavy atom. The smallest absolute Gasteiger partial charge is 0.285 e. The highest BCUT2D eigenvalue weighted by molar-refractivity contribution is 5.91. The standard InChI is InChI=1S/C34H31N4/c1-21-11-10-12-22(2)32(21)25-17-18-27-31(20-25)36-30-16-9-8-15-29(30)35(5)33(36)34(27)26-13-6-7-14-28(26)37-23(3)19-24(4)38(34)37/h6-20,33H,1-5H3/q+1. The zero-order valence-electron chi connectivity index (χ0n) is 22.5. The van der Waals surface area contributed by atoms with Crippen LogP contribution in [0.3, 0.4) is 0 Å². The highest BCUT2D eigenvalue weighted by Crippen LogP contribution is 2.60. The Hall–Kier alpha value is -4.31. The van der Waals surface area contributed by atoms with Gasteiger partial charge in [-0.3, -0.25) is 0 Å². The van der Waals surface area contributed by atoms with Crippen LogP contribution in [-0.2, 0) is 5.54 Å². The van der Waals surface area contributed by atoms with Crippen LogP contribution < -0.4 is 14.5 Å². The minimum absolute atomic E-state index is 0.0727. The molecule has 0 radical (unpaired) electrons. The number of fused-ring (bicyclic) bond motifs is 12. The number of aryl methyl sites for hydroxylation is 4. The molecular weight excluding hydrogens is 464 g/mol. The van der Waals surface area contributed by atoms with Gasteiger partial charge in [-0.2, -0.15) is 0 Å². The Morgan fingerprint density at radius 2 is 1.32 bits per heavy atom. The molecule has 1 aromatic heterocycles. The summed E-state index contributed by atoms with van der Waals surface area (Å²) in [5.41, 5.74) is 15.2. The molecule has 0 fully saturated rings. The highest BCUT2D eigenvalue weighted by Gasteiger charge is 2.70. The van der Waals surface area contributed by atoms with Crippen LogP contribution in [0.2, 0.25) is 0 Å². The van der Waals surface area contributed by atoms with Crippen LogP contribution in [0.1, 0.15) is 33.6 Å². The van der Waals surface area contributed by atoms with Crippen molar-refractivity contribution in [3.8, 4) is 16.8 Å². The van der Waals surface area contributed by atoms with Gasteiger partial charge in [0, 0.05) is 20.0 Å². The molecule has 4 heteroatoms. The number of likely N-dealkylation sites (N-methyl/N-ethyl adjacent to an activating group) is 1. The van der Waals surface area contributed by atoms with Gasteiger partial charge in [0.25, 0.3) is 5.54 Å². The Morgan fingerprint density at radius 3 is 2.08 bits per heavy atom. The van der Waals surface area contributed by atoms with E-state index in [1.54, 1.807) is 0 Å². The van der Waals surface area contributed by atoms with Crippen LogP contribution in [0.5, 0.6) is 0 Å². The van der Waals surface area contributed by atoms with Gasteiger partial charge in [0.1, 0.15) is 5.69 Å². The molecule has 38 heavy (non-hydrogen) atoms. The van der Waals surface area contributed by atoms with Crippen LogP contribution in [0.25, 0.3) is 16.8 Å². The van der Waals surface area contributed by atoms with Crippen molar-refractivity contribution in [1.82, 2.24) is 4.68 Å². The van der Waals surface area contributed by atoms with E-state index in [2.05, 4.69) is 145 Å². The summed E-state index contributed by atoms with van der Waals surface area (Å²) < 4.78 is 5.01. The Kier molecular flexibility index (Phi) is 4.10.